The summed E-state index contributed by atoms with van der Waals surface area (Å²) in [5, 5.41) is 11.0. The number of primary amides is 1. The number of thiophene rings is 1. The Morgan fingerprint density at radius 1 is 1.28 bits per heavy atom. The van der Waals surface area contributed by atoms with E-state index in [1.807, 2.05) is 28.5 Å². The van der Waals surface area contributed by atoms with Crippen molar-refractivity contribution in [1.29, 1.82) is 0 Å². The van der Waals surface area contributed by atoms with Crippen molar-refractivity contribution >= 4 is 29.6 Å². The van der Waals surface area contributed by atoms with Crippen LogP contribution >= 0.6 is 11.3 Å². The predicted octanol–water partition coefficient (Wildman–Crippen LogP) is 1.57. The number of nitrogens with two attached hydrogens (primary N) is 1. The van der Waals surface area contributed by atoms with Crippen LogP contribution in [0.25, 0.3) is 0 Å². The van der Waals surface area contributed by atoms with Crippen molar-refractivity contribution in [2.45, 2.75) is 25.9 Å². The Bertz CT molecular complexity index is 762. The molecule has 29 heavy (non-hydrogen) atoms. The lowest BCUT2D eigenvalue weighted by molar-refractivity contribution is -0.134. The molecular formula is C20H26N4O4S. The van der Waals surface area contributed by atoms with Crippen LogP contribution in [0.15, 0.2) is 41.4 Å². The van der Waals surface area contributed by atoms with Gasteiger partial charge < -0.3 is 15.7 Å². The quantitative estimate of drug-likeness (QED) is 0.659. The summed E-state index contributed by atoms with van der Waals surface area (Å²) in [6.45, 7) is 2.72. The molecule has 0 unspecified atom stereocenters. The number of hydrogen-bond donors (Lipinski definition) is 2. The second-order valence-electron chi connectivity index (χ2n) is 6.80. The van der Waals surface area contributed by atoms with E-state index in [9.17, 15) is 9.59 Å². The number of carbonyl (C=O) groups is 3. The van der Waals surface area contributed by atoms with Crippen molar-refractivity contribution in [2.75, 3.05) is 19.6 Å². The molecule has 0 atom stereocenters. The predicted molar refractivity (Wildman–Crippen MR) is 110 cm³/mol. The van der Waals surface area contributed by atoms with Crippen LogP contribution in [0.5, 0.6) is 0 Å². The molecule has 0 aromatic carbocycles. The number of likely N-dealkylation sites (tertiary alicyclic amines) is 1. The van der Waals surface area contributed by atoms with Crippen LogP contribution < -0.4 is 5.73 Å². The fourth-order valence-electron chi connectivity index (χ4n) is 3.21. The zero-order valence-corrected chi connectivity index (χ0v) is 17.0. The van der Waals surface area contributed by atoms with Gasteiger partial charge in [-0.15, -0.1) is 0 Å². The summed E-state index contributed by atoms with van der Waals surface area (Å²) in [4.78, 5) is 40.7. The maximum atomic E-state index is 12.9. The van der Waals surface area contributed by atoms with Gasteiger partial charge in [0.05, 0.1) is 6.54 Å². The van der Waals surface area contributed by atoms with Gasteiger partial charge in [-0.1, -0.05) is 6.07 Å². The summed E-state index contributed by atoms with van der Waals surface area (Å²) in [6.07, 6.45) is 5.00. The Labute approximate surface area is 174 Å². The van der Waals surface area contributed by atoms with E-state index in [2.05, 4.69) is 15.3 Å². The molecule has 2 aromatic heterocycles. The second kappa shape index (κ2) is 11.9. The van der Waals surface area contributed by atoms with Gasteiger partial charge in [-0.25, -0.2) is 0 Å². The number of aromatic nitrogens is 1. The summed E-state index contributed by atoms with van der Waals surface area (Å²) in [6, 6.07) is 5.92. The topological polar surface area (TPSA) is 117 Å². The molecule has 0 saturated carbocycles. The summed E-state index contributed by atoms with van der Waals surface area (Å²) < 4.78 is 0. The Hall–Kier alpha value is -2.78. The highest BCUT2D eigenvalue weighted by Crippen LogP contribution is 2.18. The molecule has 3 heterocycles. The van der Waals surface area contributed by atoms with E-state index in [1.54, 1.807) is 23.7 Å². The van der Waals surface area contributed by atoms with Gasteiger partial charge in [0, 0.05) is 31.4 Å². The molecule has 3 N–H and O–H groups in total. The summed E-state index contributed by atoms with van der Waals surface area (Å²) in [5.74, 6) is -0.192. The van der Waals surface area contributed by atoms with Gasteiger partial charge in [0.15, 0.2) is 0 Å². The van der Waals surface area contributed by atoms with Crippen LogP contribution in [0.4, 0.5) is 0 Å². The third-order valence-corrected chi connectivity index (χ3v) is 5.48. The number of piperidine rings is 1. The lowest BCUT2D eigenvalue weighted by Crippen LogP contribution is -2.44. The number of pyridine rings is 1. The summed E-state index contributed by atoms with van der Waals surface area (Å²) >= 11 is 1.63. The maximum absolute atomic E-state index is 12.9. The first-order chi connectivity index (χ1) is 14.0. The molecule has 156 valence electrons. The number of amides is 2. The van der Waals surface area contributed by atoms with E-state index in [-0.39, 0.29) is 24.2 Å². The zero-order valence-electron chi connectivity index (χ0n) is 16.1. The normalized spacial score (nSPS) is 14.5. The monoisotopic (exact) mass is 418 g/mol. The van der Waals surface area contributed by atoms with Gasteiger partial charge in [0.1, 0.15) is 0 Å². The van der Waals surface area contributed by atoms with Crippen LogP contribution in [0.1, 0.15) is 24.0 Å². The molecule has 1 aliphatic rings. The first-order valence-corrected chi connectivity index (χ1v) is 10.2. The smallest absolute Gasteiger partial charge is 0.290 e. The van der Waals surface area contributed by atoms with Crippen molar-refractivity contribution in [3.8, 4) is 0 Å². The van der Waals surface area contributed by atoms with Gasteiger partial charge in [-0.05, 0) is 60.0 Å². The van der Waals surface area contributed by atoms with Crippen LogP contribution in [0.3, 0.4) is 0 Å². The molecule has 8 nitrogen and oxygen atoms in total. The number of carbonyl (C=O) groups excluding carboxylic acids is 2. The van der Waals surface area contributed by atoms with Crippen molar-refractivity contribution in [3.05, 3.63) is 52.5 Å². The first-order valence-electron chi connectivity index (χ1n) is 9.30. The Morgan fingerprint density at radius 2 is 1.97 bits per heavy atom. The lowest BCUT2D eigenvalue weighted by atomic mass is 9.96. The van der Waals surface area contributed by atoms with Crippen molar-refractivity contribution in [2.24, 2.45) is 11.7 Å². The zero-order chi connectivity index (χ0) is 21.1. The molecule has 0 aliphatic carbocycles. The number of carboxylic acid groups (broad SMARTS) is 1. The van der Waals surface area contributed by atoms with Gasteiger partial charge >= 0.3 is 0 Å². The minimum atomic E-state index is -0.250. The van der Waals surface area contributed by atoms with Crippen LogP contribution in [0, 0.1) is 5.92 Å². The maximum Gasteiger partial charge on any atom is 0.290 e. The van der Waals surface area contributed by atoms with E-state index < -0.39 is 0 Å². The van der Waals surface area contributed by atoms with Crippen molar-refractivity contribution in [3.63, 3.8) is 0 Å². The standard InChI is InChI=1S/C19H24N4O2S.CH2O2/c20-19(25)17-3-7-22(8-4-17)13-18(24)23(12-16-5-9-26-14-16)11-15-2-1-6-21-10-15;2-1-3/h1-2,5-6,9-10,14,17H,3-4,7-8,11-13H2,(H2,20,25);1H,(H,2,3). The summed E-state index contributed by atoms with van der Waals surface area (Å²) in [5.41, 5.74) is 7.54. The fourth-order valence-corrected chi connectivity index (χ4v) is 3.87. The number of hydrogen-bond acceptors (Lipinski definition) is 6. The molecule has 0 spiro atoms. The first kappa shape index (κ1) is 22.5. The highest BCUT2D eigenvalue weighted by Gasteiger charge is 2.25. The minimum Gasteiger partial charge on any atom is -0.483 e. The lowest BCUT2D eigenvalue weighted by Gasteiger charge is -2.32. The molecule has 0 bridgehead atoms. The molecule has 1 fully saturated rings. The largest absolute Gasteiger partial charge is 0.483 e. The molecule has 2 aromatic rings. The van der Waals surface area contributed by atoms with E-state index >= 15 is 0 Å². The number of nitrogens with zero attached hydrogens (tertiary/aromatic N) is 3. The van der Waals surface area contributed by atoms with E-state index in [4.69, 9.17) is 15.6 Å². The Kier molecular flexibility index (Phi) is 9.26. The Balaban J connectivity index is 0.000000941. The average molecular weight is 419 g/mol. The third-order valence-electron chi connectivity index (χ3n) is 4.75. The third kappa shape index (κ3) is 7.63. The SMILES string of the molecule is NC(=O)C1CCN(CC(=O)N(Cc2cccnc2)Cc2ccsc2)CC1.O=CO. The van der Waals surface area contributed by atoms with Crippen LogP contribution in [-0.2, 0) is 27.5 Å². The molecular weight excluding hydrogens is 392 g/mol. The van der Waals surface area contributed by atoms with Gasteiger partial charge in [-0.3, -0.25) is 24.3 Å². The van der Waals surface area contributed by atoms with E-state index in [0.717, 1.165) is 37.1 Å². The average Bonchev–Trinajstić information content (AvgIpc) is 3.22. The van der Waals surface area contributed by atoms with Crippen LogP contribution in [0.2, 0.25) is 0 Å². The van der Waals surface area contributed by atoms with E-state index in [0.29, 0.717) is 19.6 Å². The highest BCUT2D eigenvalue weighted by molar-refractivity contribution is 7.07. The fraction of sp³-hybridized carbons (Fsp3) is 0.400. The highest BCUT2D eigenvalue weighted by atomic mass is 32.1. The molecule has 9 heteroatoms. The van der Waals surface area contributed by atoms with Gasteiger partial charge in [-0.2, -0.15) is 11.3 Å². The number of rotatable bonds is 7. The molecule has 3 rings (SSSR count). The second-order valence-corrected chi connectivity index (χ2v) is 7.58. The van der Waals surface area contributed by atoms with Gasteiger partial charge in [0.25, 0.3) is 6.47 Å². The minimum absolute atomic E-state index is 0.0568. The summed E-state index contributed by atoms with van der Waals surface area (Å²) in [7, 11) is 0. The van der Waals surface area contributed by atoms with E-state index in [1.165, 1.54) is 0 Å². The van der Waals surface area contributed by atoms with Gasteiger partial charge in [0.2, 0.25) is 11.8 Å². The molecule has 1 saturated heterocycles. The molecule has 2 amide bonds. The van der Waals surface area contributed by atoms with Crippen molar-refractivity contribution in [1.82, 2.24) is 14.8 Å². The van der Waals surface area contributed by atoms with Crippen molar-refractivity contribution < 1.29 is 19.5 Å². The molecule has 0 radical (unpaired) electrons. The Morgan fingerprint density at radius 3 is 2.52 bits per heavy atom. The molecule has 1 aliphatic heterocycles. The van der Waals surface area contributed by atoms with Crippen LogP contribution in [-0.4, -0.2) is 57.8 Å².